The molecular formula is C11H15BrN2O. The minimum Gasteiger partial charge on any atom is -0.375 e. The van der Waals surface area contributed by atoms with Gasteiger partial charge in [-0.2, -0.15) is 0 Å². The topological polar surface area (TPSA) is 25.4 Å². The maximum Gasteiger partial charge on any atom is 0.143 e. The smallest absolute Gasteiger partial charge is 0.143 e. The summed E-state index contributed by atoms with van der Waals surface area (Å²) in [7, 11) is 0. The number of rotatable bonds is 2. The fourth-order valence-electron chi connectivity index (χ4n) is 1.77. The van der Waals surface area contributed by atoms with Gasteiger partial charge in [-0.05, 0) is 34.5 Å². The SMILES string of the molecule is CCC1CN(c2ncccc2Br)CCO1. The first kappa shape index (κ1) is 10.9. The molecule has 0 amide bonds. The van der Waals surface area contributed by atoms with Crippen molar-refractivity contribution in [2.45, 2.75) is 19.4 Å². The standard InChI is InChI=1S/C11H15BrN2O/c1-2-9-8-14(6-7-15-9)11-10(12)4-3-5-13-11/h3-5,9H,2,6-8H2,1H3. The van der Waals surface area contributed by atoms with E-state index in [0.717, 1.165) is 36.4 Å². The highest BCUT2D eigenvalue weighted by Crippen LogP contribution is 2.24. The van der Waals surface area contributed by atoms with Crippen LogP contribution in [0.4, 0.5) is 5.82 Å². The van der Waals surface area contributed by atoms with Crippen molar-refractivity contribution in [2.24, 2.45) is 0 Å². The predicted molar refractivity (Wildman–Crippen MR) is 64.2 cm³/mol. The van der Waals surface area contributed by atoms with Gasteiger partial charge in [-0.25, -0.2) is 4.98 Å². The zero-order chi connectivity index (χ0) is 10.7. The molecule has 1 fully saturated rings. The van der Waals surface area contributed by atoms with Crippen molar-refractivity contribution in [3.8, 4) is 0 Å². The number of pyridine rings is 1. The molecule has 0 aliphatic carbocycles. The zero-order valence-corrected chi connectivity index (χ0v) is 10.4. The summed E-state index contributed by atoms with van der Waals surface area (Å²) in [6.45, 7) is 4.81. The molecule has 0 radical (unpaired) electrons. The molecular weight excluding hydrogens is 256 g/mol. The number of morpholine rings is 1. The van der Waals surface area contributed by atoms with Crippen LogP contribution in [0, 0.1) is 0 Å². The monoisotopic (exact) mass is 270 g/mol. The normalized spacial score (nSPS) is 21.7. The van der Waals surface area contributed by atoms with Gasteiger partial charge in [0.2, 0.25) is 0 Å². The van der Waals surface area contributed by atoms with E-state index >= 15 is 0 Å². The van der Waals surface area contributed by atoms with E-state index in [-0.39, 0.29) is 0 Å². The second-order valence-electron chi connectivity index (χ2n) is 3.66. The fraction of sp³-hybridized carbons (Fsp3) is 0.545. The first-order valence-electron chi connectivity index (χ1n) is 5.28. The van der Waals surface area contributed by atoms with Crippen molar-refractivity contribution in [1.29, 1.82) is 0 Å². The van der Waals surface area contributed by atoms with E-state index in [1.807, 2.05) is 18.3 Å². The van der Waals surface area contributed by atoms with Crippen molar-refractivity contribution in [3.63, 3.8) is 0 Å². The molecule has 1 aromatic rings. The molecule has 15 heavy (non-hydrogen) atoms. The summed E-state index contributed by atoms with van der Waals surface area (Å²) in [4.78, 5) is 6.67. The molecule has 82 valence electrons. The molecule has 1 atom stereocenters. The summed E-state index contributed by atoms with van der Waals surface area (Å²) in [5.74, 6) is 1.03. The number of hydrogen-bond donors (Lipinski definition) is 0. The Balaban J connectivity index is 2.13. The number of anilines is 1. The van der Waals surface area contributed by atoms with Gasteiger partial charge in [-0.1, -0.05) is 6.92 Å². The summed E-state index contributed by atoms with van der Waals surface area (Å²) in [5.41, 5.74) is 0. The summed E-state index contributed by atoms with van der Waals surface area (Å²) < 4.78 is 6.69. The highest BCUT2D eigenvalue weighted by Gasteiger charge is 2.21. The van der Waals surface area contributed by atoms with E-state index in [2.05, 4.69) is 32.7 Å². The third kappa shape index (κ3) is 2.49. The highest BCUT2D eigenvalue weighted by atomic mass is 79.9. The van der Waals surface area contributed by atoms with Crippen LogP contribution in [0.2, 0.25) is 0 Å². The Morgan fingerprint density at radius 1 is 1.67 bits per heavy atom. The predicted octanol–water partition coefficient (Wildman–Crippen LogP) is 2.46. The van der Waals surface area contributed by atoms with E-state index in [0.29, 0.717) is 6.10 Å². The Hall–Kier alpha value is -0.610. The number of hydrogen-bond acceptors (Lipinski definition) is 3. The van der Waals surface area contributed by atoms with E-state index in [1.165, 1.54) is 0 Å². The van der Waals surface area contributed by atoms with Crippen LogP contribution in [0.25, 0.3) is 0 Å². The summed E-state index contributed by atoms with van der Waals surface area (Å²) in [6, 6.07) is 3.96. The molecule has 3 nitrogen and oxygen atoms in total. The van der Waals surface area contributed by atoms with Crippen LogP contribution in [0.15, 0.2) is 22.8 Å². The van der Waals surface area contributed by atoms with Crippen LogP contribution in [-0.4, -0.2) is 30.8 Å². The third-order valence-corrected chi connectivity index (χ3v) is 3.25. The fourth-order valence-corrected chi connectivity index (χ4v) is 2.27. The Labute approximate surface area is 98.6 Å². The second kappa shape index (κ2) is 4.94. The van der Waals surface area contributed by atoms with Crippen molar-refractivity contribution in [2.75, 3.05) is 24.6 Å². The van der Waals surface area contributed by atoms with Crippen LogP contribution in [0.1, 0.15) is 13.3 Å². The molecule has 0 spiro atoms. The number of aromatic nitrogens is 1. The quantitative estimate of drug-likeness (QED) is 0.826. The number of ether oxygens (including phenoxy) is 1. The minimum atomic E-state index is 0.340. The van der Waals surface area contributed by atoms with Gasteiger partial charge in [0.05, 0.1) is 17.2 Å². The Morgan fingerprint density at radius 3 is 3.27 bits per heavy atom. The Kier molecular flexibility index (Phi) is 3.59. The van der Waals surface area contributed by atoms with Crippen molar-refractivity contribution < 1.29 is 4.74 Å². The Morgan fingerprint density at radius 2 is 2.53 bits per heavy atom. The van der Waals surface area contributed by atoms with Crippen molar-refractivity contribution >= 4 is 21.7 Å². The lowest BCUT2D eigenvalue weighted by molar-refractivity contribution is 0.0381. The first-order chi connectivity index (χ1) is 7.31. The van der Waals surface area contributed by atoms with Gasteiger partial charge < -0.3 is 9.64 Å². The van der Waals surface area contributed by atoms with E-state index in [9.17, 15) is 0 Å². The van der Waals surface area contributed by atoms with Gasteiger partial charge in [0, 0.05) is 19.3 Å². The molecule has 2 heterocycles. The van der Waals surface area contributed by atoms with Crippen LogP contribution >= 0.6 is 15.9 Å². The second-order valence-corrected chi connectivity index (χ2v) is 4.51. The van der Waals surface area contributed by atoms with E-state index in [1.54, 1.807) is 0 Å². The molecule has 0 bridgehead atoms. The summed E-state index contributed by atoms with van der Waals surface area (Å²) in [5, 5.41) is 0. The zero-order valence-electron chi connectivity index (χ0n) is 8.82. The molecule has 0 N–H and O–H groups in total. The van der Waals surface area contributed by atoms with Crippen LogP contribution < -0.4 is 4.90 Å². The maximum atomic E-state index is 5.63. The van der Waals surface area contributed by atoms with Gasteiger partial charge in [0.25, 0.3) is 0 Å². The van der Waals surface area contributed by atoms with Gasteiger partial charge in [0.1, 0.15) is 5.82 Å². The van der Waals surface area contributed by atoms with Gasteiger partial charge in [-0.15, -0.1) is 0 Å². The summed E-state index contributed by atoms with van der Waals surface area (Å²) >= 11 is 3.53. The third-order valence-electron chi connectivity index (χ3n) is 2.63. The molecule has 4 heteroatoms. The lowest BCUT2D eigenvalue weighted by Gasteiger charge is -2.33. The number of nitrogens with zero attached hydrogens (tertiary/aromatic N) is 2. The van der Waals surface area contributed by atoms with Gasteiger partial charge in [-0.3, -0.25) is 0 Å². The summed E-state index contributed by atoms with van der Waals surface area (Å²) in [6.07, 6.45) is 3.23. The first-order valence-corrected chi connectivity index (χ1v) is 6.07. The average molecular weight is 271 g/mol. The van der Waals surface area contributed by atoms with E-state index < -0.39 is 0 Å². The molecule has 2 rings (SSSR count). The van der Waals surface area contributed by atoms with Crippen LogP contribution in [0.3, 0.4) is 0 Å². The molecule has 0 saturated carbocycles. The van der Waals surface area contributed by atoms with E-state index in [4.69, 9.17) is 4.74 Å². The van der Waals surface area contributed by atoms with Crippen LogP contribution in [0.5, 0.6) is 0 Å². The molecule has 1 aliphatic rings. The molecule has 1 aromatic heterocycles. The Bertz CT molecular complexity index is 332. The maximum absolute atomic E-state index is 5.63. The van der Waals surface area contributed by atoms with Gasteiger partial charge in [0.15, 0.2) is 0 Å². The largest absolute Gasteiger partial charge is 0.375 e. The molecule has 1 saturated heterocycles. The molecule has 1 unspecified atom stereocenters. The van der Waals surface area contributed by atoms with Crippen molar-refractivity contribution in [3.05, 3.63) is 22.8 Å². The lowest BCUT2D eigenvalue weighted by Crippen LogP contribution is -2.42. The highest BCUT2D eigenvalue weighted by molar-refractivity contribution is 9.10. The molecule has 1 aliphatic heterocycles. The minimum absolute atomic E-state index is 0.340. The average Bonchev–Trinajstić information content (AvgIpc) is 2.30. The number of halogens is 1. The van der Waals surface area contributed by atoms with Crippen molar-refractivity contribution in [1.82, 2.24) is 4.98 Å². The molecule has 0 aromatic carbocycles. The van der Waals surface area contributed by atoms with Crippen LogP contribution in [-0.2, 0) is 4.74 Å². The van der Waals surface area contributed by atoms with Gasteiger partial charge >= 0.3 is 0 Å². The lowest BCUT2D eigenvalue weighted by atomic mass is 10.2.